The van der Waals surface area contributed by atoms with Gasteiger partial charge in [-0.1, -0.05) is 13.3 Å². The van der Waals surface area contributed by atoms with E-state index in [0.717, 1.165) is 6.42 Å². The van der Waals surface area contributed by atoms with Crippen molar-refractivity contribution in [3.8, 4) is 0 Å². The van der Waals surface area contributed by atoms with Crippen LogP contribution in [-0.4, -0.2) is 57.9 Å². The summed E-state index contributed by atoms with van der Waals surface area (Å²) in [6.45, 7) is 2.84. The number of ether oxygens (including phenoxy) is 2. The van der Waals surface area contributed by atoms with Crippen LogP contribution < -0.4 is 0 Å². The van der Waals surface area contributed by atoms with Gasteiger partial charge in [0.05, 0.1) is 24.9 Å². The molecule has 0 spiro atoms. The maximum Gasteiger partial charge on any atom is 0.310 e. The molecule has 0 aromatic heterocycles. The molecule has 1 aliphatic rings. The number of likely N-dealkylation sites (N-methyl/N-ethyl adjacent to an activating group) is 1. The van der Waals surface area contributed by atoms with Crippen molar-refractivity contribution in [2.45, 2.75) is 31.4 Å². The average Bonchev–Trinajstić information content (AvgIpc) is 2.88. The lowest BCUT2D eigenvalue weighted by Gasteiger charge is -2.26. The van der Waals surface area contributed by atoms with Crippen LogP contribution in [0.4, 0.5) is 0 Å². The molecule has 0 aromatic carbocycles. The van der Waals surface area contributed by atoms with E-state index in [1.807, 2.05) is 0 Å². The van der Waals surface area contributed by atoms with Gasteiger partial charge < -0.3 is 9.47 Å². The standard InChI is InChI=1S/C12H23NO5S/c1-4-13(8-9-17-2)19(15,16)11-7-5-6-10(11)12(14)18-3/h10-11H,4-9H2,1-3H3. The molecule has 7 heteroatoms. The minimum absolute atomic E-state index is 0.319. The molecule has 6 nitrogen and oxygen atoms in total. The summed E-state index contributed by atoms with van der Waals surface area (Å²) in [7, 11) is -0.641. The Balaban J connectivity index is 2.87. The van der Waals surface area contributed by atoms with Gasteiger partial charge in [-0.05, 0) is 12.8 Å². The third-order valence-electron chi connectivity index (χ3n) is 3.60. The minimum Gasteiger partial charge on any atom is -0.469 e. The van der Waals surface area contributed by atoms with Gasteiger partial charge in [0, 0.05) is 20.2 Å². The monoisotopic (exact) mass is 293 g/mol. The number of rotatable bonds is 7. The fraction of sp³-hybridized carbons (Fsp3) is 0.917. The van der Waals surface area contributed by atoms with Crippen LogP contribution in [-0.2, 0) is 24.3 Å². The quantitative estimate of drug-likeness (QED) is 0.644. The number of hydrogen-bond acceptors (Lipinski definition) is 5. The van der Waals surface area contributed by atoms with Crippen molar-refractivity contribution < 1.29 is 22.7 Å². The maximum atomic E-state index is 12.6. The number of esters is 1. The molecule has 1 rings (SSSR count). The Kier molecular flexibility index (Phi) is 6.22. The first-order valence-electron chi connectivity index (χ1n) is 6.54. The number of carbonyl (C=O) groups excluding carboxylic acids is 1. The third kappa shape index (κ3) is 3.67. The molecular weight excluding hydrogens is 270 g/mol. The fourth-order valence-corrected chi connectivity index (χ4v) is 4.75. The van der Waals surface area contributed by atoms with Crippen molar-refractivity contribution in [2.75, 3.05) is 33.9 Å². The van der Waals surface area contributed by atoms with Gasteiger partial charge in [0.15, 0.2) is 0 Å². The van der Waals surface area contributed by atoms with Crippen molar-refractivity contribution in [1.82, 2.24) is 4.31 Å². The smallest absolute Gasteiger partial charge is 0.310 e. The molecule has 1 saturated carbocycles. The SMILES string of the molecule is CCN(CCOC)S(=O)(=O)C1CCCC1C(=O)OC. The van der Waals surface area contributed by atoms with Crippen LogP contribution in [0.25, 0.3) is 0 Å². The van der Waals surface area contributed by atoms with Crippen LogP contribution in [0.5, 0.6) is 0 Å². The second-order valence-electron chi connectivity index (χ2n) is 4.63. The summed E-state index contributed by atoms with van der Waals surface area (Å²) < 4.78 is 36.2. The highest BCUT2D eigenvalue weighted by Crippen LogP contribution is 2.33. The van der Waals surface area contributed by atoms with Gasteiger partial charge >= 0.3 is 5.97 Å². The van der Waals surface area contributed by atoms with E-state index >= 15 is 0 Å². The van der Waals surface area contributed by atoms with Crippen molar-refractivity contribution in [3.63, 3.8) is 0 Å². The highest BCUT2D eigenvalue weighted by Gasteiger charge is 2.44. The van der Waals surface area contributed by atoms with Crippen molar-refractivity contribution in [1.29, 1.82) is 0 Å². The molecule has 0 saturated heterocycles. The topological polar surface area (TPSA) is 72.9 Å². The zero-order valence-corrected chi connectivity index (χ0v) is 12.6. The Labute approximate surface area is 115 Å². The molecule has 0 radical (unpaired) electrons. The highest BCUT2D eigenvalue weighted by atomic mass is 32.2. The number of carbonyl (C=O) groups is 1. The van der Waals surface area contributed by atoms with Gasteiger partial charge in [-0.2, -0.15) is 4.31 Å². The number of sulfonamides is 1. The third-order valence-corrected chi connectivity index (χ3v) is 6.09. The fourth-order valence-electron chi connectivity index (χ4n) is 2.55. The van der Waals surface area contributed by atoms with E-state index in [9.17, 15) is 13.2 Å². The molecule has 0 heterocycles. The summed E-state index contributed by atoms with van der Waals surface area (Å²) in [5.74, 6) is -0.958. The molecule has 2 atom stereocenters. The summed E-state index contributed by atoms with van der Waals surface area (Å²) >= 11 is 0. The second kappa shape index (κ2) is 7.21. The van der Waals surface area contributed by atoms with Crippen molar-refractivity contribution in [2.24, 2.45) is 5.92 Å². The summed E-state index contributed by atoms with van der Waals surface area (Å²) in [5.41, 5.74) is 0. The average molecular weight is 293 g/mol. The van der Waals surface area contributed by atoms with E-state index in [2.05, 4.69) is 0 Å². The lowest BCUT2D eigenvalue weighted by Crippen LogP contribution is -2.43. The molecule has 112 valence electrons. The van der Waals surface area contributed by atoms with E-state index in [0.29, 0.717) is 32.5 Å². The van der Waals surface area contributed by atoms with E-state index in [-0.39, 0.29) is 0 Å². The highest BCUT2D eigenvalue weighted by molar-refractivity contribution is 7.89. The molecule has 2 unspecified atom stereocenters. The number of hydrogen-bond donors (Lipinski definition) is 0. The van der Waals surface area contributed by atoms with Crippen molar-refractivity contribution in [3.05, 3.63) is 0 Å². The predicted octanol–water partition coefficient (Wildman–Crippen LogP) is 0.626. The molecule has 0 aromatic rings. The minimum atomic E-state index is -3.47. The molecule has 0 amide bonds. The lowest BCUT2D eigenvalue weighted by atomic mass is 10.1. The predicted molar refractivity (Wildman–Crippen MR) is 71.2 cm³/mol. The lowest BCUT2D eigenvalue weighted by molar-refractivity contribution is -0.145. The Hall–Kier alpha value is -0.660. The molecule has 1 fully saturated rings. The molecular formula is C12H23NO5S. The van der Waals surface area contributed by atoms with Gasteiger partial charge in [0.2, 0.25) is 10.0 Å². The van der Waals surface area contributed by atoms with Crippen molar-refractivity contribution >= 4 is 16.0 Å². The summed E-state index contributed by atoms with van der Waals surface area (Å²) in [6, 6.07) is 0. The largest absolute Gasteiger partial charge is 0.469 e. The Morgan fingerprint density at radius 1 is 1.32 bits per heavy atom. The van der Waals surface area contributed by atoms with Crippen LogP contribution in [0.1, 0.15) is 26.2 Å². The summed E-state index contributed by atoms with van der Waals surface area (Å²) in [4.78, 5) is 11.7. The number of nitrogens with zero attached hydrogens (tertiary/aromatic N) is 1. The zero-order chi connectivity index (χ0) is 14.5. The van der Waals surface area contributed by atoms with Gasteiger partial charge in [-0.15, -0.1) is 0 Å². The summed E-state index contributed by atoms with van der Waals surface area (Å²) in [6.07, 6.45) is 1.84. The Morgan fingerprint density at radius 3 is 2.53 bits per heavy atom. The summed E-state index contributed by atoms with van der Waals surface area (Å²) in [5, 5.41) is -0.656. The molecule has 19 heavy (non-hydrogen) atoms. The maximum absolute atomic E-state index is 12.6. The molecule has 1 aliphatic carbocycles. The molecule has 0 N–H and O–H groups in total. The molecule has 0 bridgehead atoms. The van der Waals surface area contributed by atoms with Crippen LogP contribution in [0.2, 0.25) is 0 Å². The van der Waals surface area contributed by atoms with Crippen LogP contribution in [0.15, 0.2) is 0 Å². The van der Waals surface area contributed by atoms with Gasteiger partial charge in [0.1, 0.15) is 0 Å². The molecule has 0 aliphatic heterocycles. The normalized spacial score (nSPS) is 23.8. The number of methoxy groups -OCH3 is 2. The van der Waals surface area contributed by atoms with E-state index in [4.69, 9.17) is 9.47 Å². The van der Waals surface area contributed by atoms with Crippen LogP contribution >= 0.6 is 0 Å². The Bertz CT molecular complexity index is 395. The van der Waals surface area contributed by atoms with E-state index in [1.54, 1.807) is 6.92 Å². The Morgan fingerprint density at radius 2 is 2.00 bits per heavy atom. The van der Waals surface area contributed by atoms with Gasteiger partial charge in [-0.3, -0.25) is 4.79 Å². The van der Waals surface area contributed by atoms with Crippen LogP contribution in [0, 0.1) is 5.92 Å². The van der Waals surface area contributed by atoms with Crippen LogP contribution in [0.3, 0.4) is 0 Å². The van der Waals surface area contributed by atoms with E-state index in [1.165, 1.54) is 18.5 Å². The van der Waals surface area contributed by atoms with Gasteiger partial charge in [0.25, 0.3) is 0 Å². The first kappa shape index (κ1) is 16.4. The first-order chi connectivity index (χ1) is 8.98. The second-order valence-corrected chi connectivity index (χ2v) is 6.78. The van der Waals surface area contributed by atoms with E-state index < -0.39 is 27.2 Å². The first-order valence-corrected chi connectivity index (χ1v) is 8.05. The van der Waals surface area contributed by atoms with Gasteiger partial charge in [-0.25, -0.2) is 8.42 Å². The zero-order valence-electron chi connectivity index (χ0n) is 11.8.